The maximum atomic E-state index is 13.1. The number of ether oxygens (including phenoxy) is 5. The van der Waals surface area contributed by atoms with Gasteiger partial charge in [-0.2, -0.15) is 0 Å². The fraction of sp³-hybridized carbons (Fsp3) is 0.938. The van der Waals surface area contributed by atoms with Gasteiger partial charge in [0, 0.05) is 0 Å². The molecule has 0 aromatic carbocycles. The standard InChI is InChI=1S/C32H58O13/c1-5-7-9-11-13-15-21(17-23(33)34)43-24(35)18-22(16-14-12-10-8-6-2)44-32-30(28(39)26(37)20(4)42-32)45-31-29(40)27(38)25(36)19(3)41-31/h19-22,25-32,36-40H,5-18H2,1-4H3,(H,33,34)/t19-,20-,21?,22?,25-,26-,27+,28+,29+,30+,31-,32+/m0/s1. The lowest BCUT2D eigenvalue weighted by Crippen LogP contribution is -2.63. The van der Waals surface area contributed by atoms with Crippen LogP contribution >= 0.6 is 0 Å². The highest BCUT2D eigenvalue weighted by Gasteiger charge is 2.50. The lowest BCUT2D eigenvalue weighted by Gasteiger charge is -2.46. The van der Waals surface area contributed by atoms with Crippen LogP contribution in [0.15, 0.2) is 0 Å². The summed E-state index contributed by atoms with van der Waals surface area (Å²) in [6, 6.07) is 0. The van der Waals surface area contributed by atoms with Gasteiger partial charge in [-0.25, -0.2) is 0 Å². The molecule has 45 heavy (non-hydrogen) atoms. The van der Waals surface area contributed by atoms with Crippen LogP contribution in [0.3, 0.4) is 0 Å². The molecule has 2 heterocycles. The van der Waals surface area contributed by atoms with Crippen molar-refractivity contribution in [2.24, 2.45) is 0 Å². The molecule has 0 aliphatic carbocycles. The summed E-state index contributed by atoms with van der Waals surface area (Å²) in [5.41, 5.74) is 0. The summed E-state index contributed by atoms with van der Waals surface area (Å²) in [5, 5.41) is 61.7. The molecule has 0 amide bonds. The number of aliphatic carboxylic acids is 1. The topological polar surface area (TPSA) is 202 Å². The van der Waals surface area contributed by atoms with E-state index in [9.17, 15) is 40.2 Å². The highest BCUT2D eigenvalue weighted by molar-refractivity contribution is 5.72. The third-order valence-corrected chi connectivity index (χ3v) is 8.56. The first-order chi connectivity index (χ1) is 21.4. The van der Waals surface area contributed by atoms with Gasteiger partial charge >= 0.3 is 11.9 Å². The van der Waals surface area contributed by atoms with Crippen molar-refractivity contribution in [2.45, 2.75) is 191 Å². The molecule has 264 valence electrons. The normalized spacial score (nSPS) is 33.4. The van der Waals surface area contributed by atoms with Crippen molar-refractivity contribution in [1.82, 2.24) is 0 Å². The van der Waals surface area contributed by atoms with Gasteiger partial charge in [0.1, 0.15) is 42.7 Å². The second-order valence-electron chi connectivity index (χ2n) is 12.6. The van der Waals surface area contributed by atoms with E-state index in [1.54, 1.807) is 6.92 Å². The first-order valence-electron chi connectivity index (χ1n) is 16.8. The Balaban J connectivity index is 2.16. The van der Waals surface area contributed by atoms with Crippen LogP contribution in [0.5, 0.6) is 0 Å². The van der Waals surface area contributed by atoms with Gasteiger partial charge in [-0.05, 0) is 33.1 Å². The monoisotopic (exact) mass is 650 g/mol. The van der Waals surface area contributed by atoms with Crippen LogP contribution in [0.2, 0.25) is 0 Å². The number of unbranched alkanes of at least 4 members (excludes halogenated alkanes) is 8. The number of carboxylic acid groups (broad SMARTS) is 1. The third-order valence-electron chi connectivity index (χ3n) is 8.56. The molecule has 13 nitrogen and oxygen atoms in total. The van der Waals surface area contributed by atoms with E-state index in [1.807, 2.05) is 0 Å². The predicted octanol–water partition coefficient (Wildman–Crippen LogP) is 2.55. The average Bonchev–Trinajstić information content (AvgIpc) is 2.98. The number of carbonyl (C=O) groups excluding carboxylic acids is 1. The quantitative estimate of drug-likeness (QED) is 0.0782. The van der Waals surface area contributed by atoms with Crippen molar-refractivity contribution in [1.29, 1.82) is 0 Å². The number of rotatable bonds is 21. The van der Waals surface area contributed by atoms with Gasteiger partial charge in [0.05, 0.1) is 31.2 Å². The zero-order chi connectivity index (χ0) is 33.5. The fourth-order valence-electron chi connectivity index (χ4n) is 5.71. The Morgan fingerprint density at radius 3 is 1.71 bits per heavy atom. The number of aliphatic hydroxyl groups is 5. The summed E-state index contributed by atoms with van der Waals surface area (Å²) in [7, 11) is 0. The van der Waals surface area contributed by atoms with Crippen molar-refractivity contribution in [3.05, 3.63) is 0 Å². The number of esters is 1. The summed E-state index contributed by atoms with van der Waals surface area (Å²) < 4.78 is 29.1. The minimum absolute atomic E-state index is 0.205. The molecule has 0 saturated carbocycles. The second kappa shape index (κ2) is 20.7. The van der Waals surface area contributed by atoms with E-state index in [0.29, 0.717) is 12.8 Å². The first-order valence-corrected chi connectivity index (χ1v) is 16.8. The molecular formula is C32H58O13. The molecule has 2 aliphatic rings. The molecule has 2 fully saturated rings. The van der Waals surface area contributed by atoms with E-state index in [1.165, 1.54) is 6.92 Å². The molecule has 2 saturated heterocycles. The maximum absolute atomic E-state index is 13.1. The van der Waals surface area contributed by atoms with E-state index in [4.69, 9.17) is 23.7 Å². The van der Waals surface area contributed by atoms with E-state index in [2.05, 4.69) is 13.8 Å². The summed E-state index contributed by atoms with van der Waals surface area (Å²) in [4.78, 5) is 24.6. The molecule has 0 aromatic rings. The third kappa shape index (κ3) is 13.3. The maximum Gasteiger partial charge on any atom is 0.308 e. The van der Waals surface area contributed by atoms with Crippen LogP contribution in [0, 0.1) is 0 Å². The minimum Gasteiger partial charge on any atom is -0.481 e. The van der Waals surface area contributed by atoms with Gasteiger partial charge in [-0.1, -0.05) is 71.6 Å². The molecule has 12 atom stereocenters. The van der Waals surface area contributed by atoms with Crippen LogP contribution < -0.4 is 0 Å². The van der Waals surface area contributed by atoms with Crippen molar-refractivity contribution >= 4 is 11.9 Å². The Morgan fingerprint density at radius 1 is 0.644 bits per heavy atom. The van der Waals surface area contributed by atoms with Crippen LogP contribution in [0.25, 0.3) is 0 Å². The summed E-state index contributed by atoms with van der Waals surface area (Å²) in [6.45, 7) is 7.24. The van der Waals surface area contributed by atoms with Gasteiger partial charge < -0.3 is 54.3 Å². The fourth-order valence-corrected chi connectivity index (χ4v) is 5.71. The number of carboxylic acids is 1. The second-order valence-corrected chi connectivity index (χ2v) is 12.6. The molecule has 2 aliphatic heterocycles. The van der Waals surface area contributed by atoms with E-state index in [-0.39, 0.29) is 12.8 Å². The van der Waals surface area contributed by atoms with Gasteiger partial charge in [-0.3, -0.25) is 9.59 Å². The average molecular weight is 651 g/mol. The summed E-state index contributed by atoms with van der Waals surface area (Å²) >= 11 is 0. The predicted molar refractivity (Wildman–Crippen MR) is 162 cm³/mol. The van der Waals surface area contributed by atoms with E-state index < -0.39 is 85.6 Å². The Kier molecular flexibility index (Phi) is 18.3. The van der Waals surface area contributed by atoms with Crippen molar-refractivity contribution < 1.29 is 63.9 Å². The van der Waals surface area contributed by atoms with Gasteiger partial charge in [-0.15, -0.1) is 0 Å². The van der Waals surface area contributed by atoms with Gasteiger partial charge in [0.15, 0.2) is 12.6 Å². The van der Waals surface area contributed by atoms with Gasteiger partial charge in [0.25, 0.3) is 0 Å². The number of hydrogen-bond acceptors (Lipinski definition) is 12. The molecular weight excluding hydrogens is 592 g/mol. The Morgan fingerprint density at radius 2 is 1.16 bits per heavy atom. The highest BCUT2D eigenvalue weighted by Crippen LogP contribution is 2.31. The minimum atomic E-state index is -1.67. The zero-order valence-corrected chi connectivity index (χ0v) is 27.4. The largest absolute Gasteiger partial charge is 0.481 e. The van der Waals surface area contributed by atoms with Crippen LogP contribution in [0.1, 0.15) is 118 Å². The smallest absolute Gasteiger partial charge is 0.308 e. The van der Waals surface area contributed by atoms with Crippen LogP contribution in [0.4, 0.5) is 0 Å². The lowest BCUT2D eigenvalue weighted by atomic mass is 9.97. The molecule has 13 heteroatoms. The van der Waals surface area contributed by atoms with E-state index >= 15 is 0 Å². The molecule has 0 spiro atoms. The number of hydrogen-bond donors (Lipinski definition) is 6. The zero-order valence-electron chi connectivity index (χ0n) is 27.4. The SMILES string of the molecule is CCCCCCCC(CC(=O)O)OC(=O)CC(CCCCCCC)O[C@H]1O[C@@H](C)[C@H](O)[C@@H](O)[C@H]1O[C@@H]1O[C@@H](C)[C@H](O)[C@@H](O)[C@H]1O. The molecule has 0 aromatic heterocycles. The Labute approximate surface area is 267 Å². The van der Waals surface area contributed by atoms with Crippen molar-refractivity contribution in [3.8, 4) is 0 Å². The van der Waals surface area contributed by atoms with Crippen molar-refractivity contribution in [3.63, 3.8) is 0 Å². The van der Waals surface area contributed by atoms with Crippen LogP contribution in [-0.4, -0.2) is 116 Å². The molecule has 2 unspecified atom stereocenters. The molecule has 0 bridgehead atoms. The molecule has 2 rings (SSSR count). The molecule has 0 radical (unpaired) electrons. The lowest BCUT2D eigenvalue weighted by molar-refractivity contribution is -0.366. The number of carbonyl (C=O) groups is 2. The summed E-state index contributed by atoms with van der Waals surface area (Å²) in [6.07, 6.45) is -5.07. The summed E-state index contributed by atoms with van der Waals surface area (Å²) in [5.74, 6) is -1.67. The van der Waals surface area contributed by atoms with Crippen LogP contribution in [-0.2, 0) is 33.3 Å². The Bertz CT molecular complexity index is 844. The van der Waals surface area contributed by atoms with Crippen molar-refractivity contribution in [2.75, 3.05) is 0 Å². The Hall–Kier alpha value is -1.42. The number of aliphatic hydroxyl groups excluding tert-OH is 5. The highest BCUT2D eigenvalue weighted by atomic mass is 16.8. The molecule has 6 N–H and O–H groups in total. The first kappa shape index (κ1) is 39.8. The van der Waals surface area contributed by atoms with Gasteiger partial charge in [0.2, 0.25) is 0 Å². The van der Waals surface area contributed by atoms with E-state index in [0.717, 1.165) is 64.2 Å².